The molecule has 1 aliphatic heterocycles. The Morgan fingerprint density at radius 3 is 2.10 bits per heavy atom. The summed E-state index contributed by atoms with van der Waals surface area (Å²) in [7, 11) is 0. The Morgan fingerprint density at radius 2 is 1.38 bits per heavy atom. The van der Waals surface area contributed by atoms with E-state index in [1.54, 1.807) is 18.5 Å². The van der Waals surface area contributed by atoms with Crippen LogP contribution in [0.5, 0.6) is 11.5 Å². The first-order valence-corrected chi connectivity index (χ1v) is 19.8. The van der Waals surface area contributed by atoms with Crippen LogP contribution in [0.3, 0.4) is 0 Å². The normalized spacial score (nSPS) is 12.4. The number of ether oxygens (including phenoxy) is 1. The standard InChI is InChI=1S/C51H39FN5O2.Pt/c1-32(2)42-27-34(39-13-5-7-15-44(39)52)28-43(33(3)4)51(42)56-31-55(46-17-9-10-18-47(46)56)36-25-35(49-22-24-54-59-49)26-38(29-36)58-37-20-21-41-40-14-6-8-16-45(40)57(48(41)30-37)50-19-11-12-23-53-50;/h5-28,31-33H,1-4H3;/q-3;. The van der Waals surface area contributed by atoms with Crippen LogP contribution in [-0.4, -0.2) is 14.7 Å². The first-order valence-electron chi connectivity index (χ1n) is 19.8. The summed E-state index contributed by atoms with van der Waals surface area (Å²) in [5.41, 5.74) is 10.2. The fraction of sp³-hybridized carbons (Fsp3) is 0.118. The van der Waals surface area contributed by atoms with Gasteiger partial charge in [-0.3, -0.25) is 0 Å². The molecule has 4 heterocycles. The molecule has 0 fully saturated rings. The molecule has 10 rings (SSSR count). The van der Waals surface area contributed by atoms with E-state index >= 15 is 4.39 Å². The molecule has 0 atom stereocenters. The van der Waals surface area contributed by atoms with Crippen molar-refractivity contribution in [3.05, 3.63) is 182 Å². The molecule has 7 nitrogen and oxygen atoms in total. The molecule has 0 unspecified atom stereocenters. The fourth-order valence-electron chi connectivity index (χ4n) is 8.17. The Morgan fingerprint density at radius 1 is 0.667 bits per heavy atom. The van der Waals surface area contributed by atoms with Gasteiger partial charge < -0.3 is 23.6 Å². The van der Waals surface area contributed by atoms with Crippen LogP contribution < -0.4 is 14.5 Å². The van der Waals surface area contributed by atoms with Crippen molar-refractivity contribution in [2.75, 3.05) is 9.80 Å². The first kappa shape index (κ1) is 39.0. The second-order valence-electron chi connectivity index (χ2n) is 15.4. The molecule has 0 N–H and O–H groups in total. The Balaban J connectivity index is 0.00000462. The van der Waals surface area contributed by atoms with Gasteiger partial charge in [0, 0.05) is 73.0 Å². The van der Waals surface area contributed by atoms with Crippen LogP contribution in [0.1, 0.15) is 50.7 Å². The minimum atomic E-state index is -0.234. The van der Waals surface area contributed by atoms with Crippen LogP contribution >= 0.6 is 0 Å². The van der Waals surface area contributed by atoms with Gasteiger partial charge in [-0.25, -0.2) is 9.37 Å². The van der Waals surface area contributed by atoms with Crippen molar-refractivity contribution in [3.8, 4) is 39.8 Å². The molecule has 9 aromatic rings. The molecule has 0 radical (unpaired) electrons. The molecule has 300 valence electrons. The van der Waals surface area contributed by atoms with Gasteiger partial charge in [-0.15, -0.1) is 48.1 Å². The van der Waals surface area contributed by atoms with E-state index < -0.39 is 0 Å². The number of fused-ring (bicyclic) bond motifs is 4. The third kappa shape index (κ3) is 6.85. The summed E-state index contributed by atoms with van der Waals surface area (Å²) in [4.78, 5) is 9.07. The number of pyridine rings is 1. The number of halogens is 1. The molecule has 6 aromatic carbocycles. The van der Waals surface area contributed by atoms with E-state index in [0.29, 0.717) is 22.8 Å². The molecule has 0 spiro atoms. The Labute approximate surface area is 362 Å². The summed E-state index contributed by atoms with van der Waals surface area (Å²) in [6.45, 7) is 10.9. The molecular weight excluding hydrogens is 929 g/mol. The van der Waals surface area contributed by atoms with Crippen LogP contribution in [0.4, 0.5) is 27.1 Å². The van der Waals surface area contributed by atoms with Gasteiger partial charge >= 0.3 is 0 Å². The number of rotatable bonds is 9. The molecule has 60 heavy (non-hydrogen) atoms. The van der Waals surface area contributed by atoms with Crippen LogP contribution in [0, 0.1) is 24.6 Å². The third-order valence-electron chi connectivity index (χ3n) is 10.9. The molecule has 9 heteroatoms. The van der Waals surface area contributed by atoms with Crippen molar-refractivity contribution in [2.24, 2.45) is 0 Å². The summed E-state index contributed by atoms with van der Waals surface area (Å²) < 4.78 is 29.7. The predicted molar refractivity (Wildman–Crippen MR) is 233 cm³/mol. The maximum Gasteiger partial charge on any atom is 0.143 e. The molecule has 0 aliphatic carbocycles. The topological polar surface area (TPSA) is 59.6 Å². The smallest absolute Gasteiger partial charge is 0.143 e. The van der Waals surface area contributed by atoms with Gasteiger partial charge in [0.15, 0.2) is 0 Å². The summed E-state index contributed by atoms with van der Waals surface area (Å²) in [5, 5.41) is 6.16. The largest absolute Gasteiger partial charge is 0.509 e. The summed E-state index contributed by atoms with van der Waals surface area (Å²) in [6.07, 6.45) is 3.43. The number of aromatic nitrogens is 3. The second-order valence-corrected chi connectivity index (χ2v) is 15.4. The van der Waals surface area contributed by atoms with Crippen LogP contribution in [0.25, 0.3) is 50.1 Å². The van der Waals surface area contributed by atoms with Gasteiger partial charge in [0.25, 0.3) is 0 Å². The van der Waals surface area contributed by atoms with Crippen molar-refractivity contribution in [3.63, 3.8) is 0 Å². The summed E-state index contributed by atoms with van der Waals surface area (Å²) in [5.74, 6) is 2.46. The molecule has 0 amide bonds. The Hall–Kier alpha value is -6.50. The number of anilines is 4. The average Bonchev–Trinajstić information content (AvgIpc) is 4.01. The van der Waals surface area contributed by atoms with Gasteiger partial charge in [0.1, 0.15) is 17.4 Å². The number of hydrogen-bond donors (Lipinski definition) is 0. The van der Waals surface area contributed by atoms with Crippen LogP contribution in [-0.2, 0) is 21.1 Å². The number of benzene rings is 6. The van der Waals surface area contributed by atoms with E-state index in [4.69, 9.17) is 9.26 Å². The Kier molecular flexibility index (Phi) is 10.3. The zero-order valence-electron chi connectivity index (χ0n) is 33.3. The Bertz CT molecular complexity index is 2970. The van der Waals surface area contributed by atoms with Crippen molar-refractivity contribution < 1.29 is 34.7 Å². The molecule has 0 bridgehead atoms. The number of nitrogens with zero attached hydrogens (tertiary/aromatic N) is 5. The maximum atomic E-state index is 15.2. The molecule has 0 saturated heterocycles. The monoisotopic (exact) mass is 967 g/mol. The predicted octanol–water partition coefficient (Wildman–Crippen LogP) is 13.7. The quantitative estimate of drug-likeness (QED) is 0.134. The van der Waals surface area contributed by atoms with Crippen molar-refractivity contribution in [2.45, 2.75) is 39.5 Å². The van der Waals surface area contributed by atoms with Gasteiger partial charge in [-0.2, -0.15) is 6.07 Å². The van der Waals surface area contributed by atoms with Crippen molar-refractivity contribution in [1.29, 1.82) is 0 Å². The van der Waals surface area contributed by atoms with Gasteiger partial charge in [0.05, 0.1) is 6.20 Å². The van der Waals surface area contributed by atoms with E-state index in [9.17, 15) is 0 Å². The second kappa shape index (κ2) is 15.9. The van der Waals surface area contributed by atoms with Crippen LogP contribution in [0.2, 0.25) is 0 Å². The van der Waals surface area contributed by atoms with E-state index in [-0.39, 0.29) is 38.7 Å². The maximum absolute atomic E-state index is 15.2. The molecular formula is C51H39FN5O2Pt-3. The summed E-state index contributed by atoms with van der Waals surface area (Å²) in [6, 6.07) is 50.7. The fourth-order valence-corrected chi connectivity index (χ4v) is 8.17. The minimum absolute atomic E-state index is 0. The number of hydrogen-bond acceptors (Lipinski definition) is 6. The third-order valence-corrected chi connectivity index (χ3v) is 10.9. The van der Waals surface area contributed by atoms with E-state index in [1.807, 2.05) is 72.8 Å². The zero-order chi connectivity index (χ0) is 40.2. The average molecular weight is 968 g/mol. The SMILES string of the molecule is CC(C)c1cc(-c2ccccc2F)cc(C(C)C)c1N1[CH-]N(c2[c-]c(Oc3[c-]c4c(cc3)c3ccccc3n4-c3ccccn3)cc(-c3ccno3)c2)c2ccccc21.[Pt]. The van der Waals surface area contributed by atoms with E-state index in [0.717, 1.165) is 72.6 Å². The van der Waals surface area contributed by atoms with Gasteiger partial charge in [0.2, 0.25) is 0 Å². The van der Waals surface area contributed by atoms with E-state index in [2.05, 4.69) is 120 Å². The van der Waals surface area contributed by atoms with E-state index in [1.165, 1.54) is 6.07 Å². The summed E-state index contributed by atoms with van der Waals surface area (Å²) >= 11 is 0. The van der Waals surface area contributed by atoms with Gasteiger partial charge in [-0.1, -0.05) is 98.5 Å². The molecule has 1 aliphatic rings. The van der Waals surface area contributed by atoms with Gasteiger partial charge in [-0.05, 0) is 82.4 Å². The molecule has 3 aromatic heterocycles. The van der Waals surface area contributed by atoms with Crippen LogP contribution in [0.15, 0.2) is 150 Å². The number of para-hydroxylation sites is 3. The van der Waals surface area contributed by atoms with Crippen molar-refractivity contribution in [1.82, 2.24) is 14.7 Å². The zero-order valence-corrected chi connectivity index (χ0v) is 35.6. The first-order chi connectivity index (χ1) is 28.8. The molecule has 0 saturated carbocycles. The van der Waals surface area contributed by atoms with Crippen molar-refractivity contribution >= 4 is 44.6 Å². The minimum Gasteiger partial charge on any atom is -0.509 e.